The number of sulfone groups is 1. The van der Waals surface area contributed by atoms with Gasteiger partial charge in [0, 0.05) is 38.3 Å². The highest BCUT2D eigenvalue weighted by molar-refractivity contribution is 7.89. The molecule has 2 rings (SSSR count). The predicted molar refractivity (Wildman–Crippen MR) is 80.3 cm³/mol. The lowest BCUT2D eigenvalue weighted by Gasteiger charge is -2.15. The quantitative estimate of drug-likeness (QED) is 0.859. The Kier molecular flexibility index (Phi) is 4.04. The number of hydrogen-bond acceptors (Lipinski definition) is 5. The van der Waals surface area contributed by atoms with Gasteiger partial charge in [0.2, 0.25) is 0 Å². The highest BCUT2D eigenvalue weighted by Crippen LogP contribution is 2.25. The van der Waals surface area contributed by atoms with Gasteiger partial charge in [-0.1, -0.05) is 6.07 Å². The van der Waals surface area contributed by atoms with Crippen LogP contribution in [0.5, 0.6) is 0 Å². The molecule has 0 aromatic carbocycles. The van der Waals surface area contributed by atoms with Crippen LogP contribution in [0, 0.1) is 0 Å². The van der Waals surface area contributed by atoms with Gasteiger partial charge >= 0.3 is 0 Å². The molecule has 2 heterocycles. The van der Waals surface area contributed by atoms with Crippen molar-refractivity contribution in [1.82, 2.24) is 9.97 Å². The SMILES string of the molecule is CN(C)c1ncccc1-c1ccc(CS(C)(=O)=O)cn1. The van der Waals surface area contributed by atoms with Crippen LogP contribution in [0.15, 0.2) is 36.7 Å². The van der Waals surface area contributed by atoms with Gasteiger partial charge < -0.3 is 4.90 Å². The molecule has 0 amide bonds. The molecule has 2 aromatic rings. The first kappa shape index (κ1) is 14.5. The topological polar surface area (TPSA) is 63.2 Å². The summed E-state index contributed by atoms with van der Waals surface area (Å²) in [5.74, 6) is 0.837. The Balaban J connectivity index is 2.36. The Morgan fingerprint density at radius 3 is 2.45 bits per heavy atom. The first-order valence-corrected chi connectivity index (χ1v) is 8.18. The molecular formula is C14H17N3O2S. The number of anilines is 1. The van der Waals surface area contributed by atoms with Crippen molar-refractivity contribution in [2.45, 2.75) is 5.75 Å². The highest BCUT2D eigenvalue weighted by atomic mass is 32.2. The molecule has 0 spiro atoms. The second-order valence-corrected chi connectivity index (χ2v) is 7.03. The zero-order valence-corrected chi connectivity index (χ0v) is 12.6. The predicted octanol–water partition coefficient (Wildman–Crippen LogP) is 1.75. The third-order valence-corrected chi connectivity index (χ3v) is 3.60. The average Bonchev–Trinajstić information content (AvgIpc) is 2.38. The van der Waals surface area contributed by atoms with Crippen LogP contribution in [0.4, 0.5) is 5.82 Å². The fourth-order valence-corrected chi connectivity index (χ4v) is 2.70. The van der Waals surface area contributed by atoms with E-state index in [1.54, 1.807) is 18.5 Å². The first-order chi connectivity index (χ1) is 9.37. The highest BCUT2D eigenvalue weighted by Gasteiger charge is 2.10. The van der Waals surface area contributed by atoms with Crippen LogP contribution in [-0.2, 0) is 15.6 Å². The standard InChI is InChI=1S/C14H17N3O2S/c1-17(2)14-12(5-4-8-15-14)13-7-6-11(9-16-13)10-20(3,18)19/h4-9H,10H2,1-3H3. The van der Waals surface area contributed by atoms with Crippen LogP contribution in [0.3, 0.4) is 0 Å². The minimum atomic E-state index is -3.04. The van der Waals surface area contributed by atoms with Crippen molar-refractivity contribution < 1.29 is 8.42 Å². The van der Waals surface area contributed by atoms with Crippen LogP contribution in [-0.4, -0.2) is 38.7 Å². The zero-order valence-electron chi connectivity index (χ0n) is 11.7. The molecule has 0 aliphatic rings. The fourth-order valence-electron chi connectivity index (χ4n) is 1.93. The third-order valence-electron chi connectivity index (χ3n) is 2.74. The minimum Gasteiger partial charge on any atom is -0.362 e. The maximum atomic E-state index is 11.3. The number of aromatic nitrogens is 2. The van der Waals surface area contributed by atoms with Gasteiger partial charge in [-0.25, -0.2) is 13.4 Å². The molecule has 0 atom stereocenters. The molecule has 0 saturated carbocycles. The van der Waals surface area contributed by atoms with E-state index in [9.17, 15) is 8.42 Å². The van der Waals surface area contributed by atoms with Crippen molar-refractivity contribution in [2.75, 3.05) is 25.3 Å². The summed E-state index contributed by atoms with van der Waals surface area (Å²) >= 11 is 0. The van der Waals surface area contributed by atoms with Crippen LogP contribution in [0.1, 0.15) is 5.56 Å². The van der Waals surface area contributed by atoms with Crippen molar-refractivity contribution in [3.05, 3.63) is 42.2 Å². The molecular weight excluding hydrogens is 274 g/mol. The molecule has 2 aromatic heterocycles. The van der Waals surface area contributed by atoms with Crippen LogP contribution in [0.25, 0.3) is 11.3 Å². The average molecular weight is 291 g/mol. The number of rotatable bonds is 4. The molecule has 0 unspecified atom stereocenters. The molecule has 0 aliphatic carbocycles. The Bertz CT molecular complexity index is 695. The van der Waals surface area contributed by atoms with Gasteiger partial charge in [-0.2, -0.15) is 0 Å². The molecule has 0 aliphatic heterocycles. The maximum absolute atomic E-state index is 11.3. The van der Waals surface area contributed by atoms with Gasteiger partial charge in [0.05, 0.1) is 11.4 Å². The second-order valence-electron chi connectivity index (χ2n) is 4.89. The molecule has 106 valence electrons. The molecule has 0 N–H and O–H groups in total. The van der Waals surface area contributed by atoms with E-state index in [4.69, 9.17) is 0 Å². The summed E-state index contributed by atoms with van der Waals surface area (Å²) < 4.78 is 22.5. The number of nitrogens with zero attached hydrogens (tertiary/aromatic N) is 3. The van der Waals surface area contributed by atoms with E-state index >= 15 is 0 Å². The van der Waals surface area contributed by atoms with Gasteiger partial charge in [-0.3, -0.25) is 4.98 Å². The van der Waals surface area contributed by atoms with Crippen molar-refractivity contribution in [3.8, 4) is 11.3 Å². The fraction of sp³-hybridized carbons (Fsp3) is 0.286. The van der Waals surface area contributed by atoms with Gasteiger partial charge in [-0.05, 0) is 23.8 Å². The Morgan fingerprint density at radius 2 is 1.90 bits per heavy atom. The number of hydrogen-bond donors (Lipinski definition) is 0. The van der Waals surface area contributed by atoms with E-state index in [1.807, 2.05) is 37.2 Å². The van der Waals surface area contributed by atoms with Crippen LogP contribution >= 0.6 is 0 Å². The van der Waals surface area contributed by atoms with Crippen molar-refractivity contribution in [2.24, 2.45) is 0 Å². The maximum Gasteiger partial charge on any atom is 0.151 e. The molecule has 5 nitrogen and oxygen atoms in total. The summed E-state index contributed by atoms with van der Waals surface area (Å²) in [4.78, 5) is 10.6. The van der Waals surface area contributed by atoms with Crippen molar-refractivity contribution in [1.29, 1.82) is 0 Å². The Labute approximate surface area is 119 Å². The minimum absolute atomic E-state index is 0.00780. The largest absolute Gasteiger partial charge is 0.362 e. The zero-order chi connectivity index (χ0) is 14.8. The lowest BCUT2D eigenvalue weighted by Crippen LogP contribution is -2.12. The van der Waals surface area contributed by atoms with Crippen LogP contribution in [0.2, 0.25) is 0 Å². The van der Waals surface area contributed by atoms with Crippen molar-refractivity contribution in [3.63, 3.8) is 0 Å². The van der Waals surface area contributed by atoms with E-state index in [0.29, 0.717) is 5.56 Å². The molecule has 0 bridgehead atoms. The molecule has 0 radical (unpaired) electrons. The second kappa shape index (κ2) is 5.58. The molecule has 20 heavy (non-hydrogen) atoms. The van der Waals surface area contributed by atoms with Crippen molar-refractivity contribution >= 4 is 15.7 Å². The first-order valence-electron chi connectivity index (χ1n) is 6.12. The lowest BCUT2D eigenvalue weighted by molar-refractivity contribution is 0.601. The molecule has 6 heteroatoms. The van der Waals surface area contributed by atoms with E-state index in [0.717, 1.165) is 17.1 Å². The molecule has 0 fully saturated rings. The summed E-state index contributed by atoms with van der Waals surface area (Å²) in [5, 5.41) is 0. The summed E-state index contributed by atoms with van der Waals surface area (Å²) in [6, 6.07) is 7.41. The summed E-state index contributed by atoms with van der Waals surface area (Å²) in [7, 11) is 0.804. The van der Waals surface area contributed by atoms with Gasteiger partial charge in [0.1, 0.15) is 5.82 Å². The van der Waals surface area contributed by atoms with E-state index in [2.05, 4.69) is 9.97 Å². The smallest absolute Gasteiger partial charge is 0.151 e. The monoisotopic (exact) mass is 291 g/mol. The normalized spacial score (nSPS) is 11.3. The van der Waals surface area contributed by atoms with Gasteiger partial charge in [0.15, 0.2) is 9.84 Å². The summed E-state index contributed by atoms with van der Waals surface area (Å²) in [6.45, 7) is 0. The molecule has 0 saturated heterocycles. The van der Waals surface area contributed by atoms with E-state index < -0.39 is 9.84 Å². The Morgan fingerprint density at radius 1 is 1.15 bits per heavy atom. The lowest BCUT2D eigenvalue weighted by atomic mass is 10.1. The van der Waals surface area contributed by atoms with E-state index in [-0.39, 0.29) is 5.75 Å². The van der Waals surface area contributed by atoms with E-state index in [1.165, 1.54) is 6.26 Å². The summed E-state index contributed by atoms with van der Waals surface area (Å²) in [6.07, 6.45) is 4.55. The Hall–Kier alpha value is -1.95. The van der Waals surface area contributed by atoms with Gasteiger partial charge in [0.25, 0.3) is 0 Å². The van der Waals surface area contributed by atoms with Gasteiger partial charge in [-0.15, -0.1) is 0 Å². The third kappa shape index (κ3) is 3.54. The summed E-state index contributed by atoms with van der Waals surface area (Å²) in [5.41, 5.74) is 2.38. The number of pyridine rings is 2. The van der Waals surface area contributed by atoms with Crippen LogP contribution < -0.4 is 4.90 Å².